The first-order valence-electron chi connectivity index (χ1n) is 7.47. The van der Waals surface area contributed by atoms with E-state index >= 15 is 0 Å². The Morgan fingerprint density at radius 2 is 1.88 bits per heavy atom. The number of nitrogens with zero attached hydrogens (tertiary/aromatic N) is 1. The van der Waals surface area contributed by atoms with Crippen LogP contribution in [0.2, 0.25) is 0 Å². The van der Waals surface area contributed by atoms with Crippen molar-refractivity contribution < 1.29 is 22.3 Å². The number of anilines is 2. The van der Waals surface area contributed by atoms with E-state index in [-0.39, 0.29) is 18.9 Å². The molecular formula is C17H19FN2O4S. The van der Waals surface area contributed by atoms with Crippen LogP contribution in [0.25, 0.3) is 0 Å². The molecule has 25 heavy (non-hydrogen) atoms. The number of hydrogen-bond donors (Lipinski definition) is 1. The Morgan fingerprint density at radius 1 is 1.20 bits per heavy atom. The monoisotopic (exact) mass is 366 g/mol. The van der Waals surface area contributed by atoms with Gasteiger partial charge in [0.05, 0.1) is 19.1 Å². The second-order valence-electron chi connectivity index (χ2n) is 5.34. The average molecular weight is 366 g/mol. The maximum atomic E-state index is 12.9. The lowest BCUT2D eigenvalue weighted by Crippen LogP contribution is -2.33. The van der Waals surface area contributed by atoms with Gasteiger partial charge in [-0.3, -0.25) is 9.10 Å². The van der Waals surface area contributed by atoms with Gasteiger partial charge in [-0.15, -0.1) is 0 Å². The van der Waals surface area contributed by atoms with Gasteiger partial charge in [0, 0.05) is 24.7 Å². The summed E-state index contributed by atoms with van der Waals surface area (Å²) in [6.45, 7) is -0.0287. The lowest BCUT2D eigenvalue weighted by Gasteiger charge is -2.22. The molecule has 134 valence electrons. The molecule has 0 aliphatic rings. The Balaban J connectivity index is 2.07. The number of ether oxygens (including phenoxy) is 1. The molecule has 0 saturated carbocycles. The molecule has 0 fully saturated rings. The van der Waals surface area contributed by atoms with Crippen molar-refractivity contribution in [2.24, 2.45) is 0 Å². The number of carbonyl (C=O) groups excluding carboxylic acids is 1. The van der Waals surface area contributed by atoms with Gasteiger partial charge in [-0.2, -0.15) is 0 Å². The molecule has 0 saturated heterocycles. The van der Waals surface area contributed by atoms with E-state index in [4.69, 9.17) is 4.74 Å². The van der Waals surface area contributed by atoms with E-state index < -0.39 is 15.8 Å². The number of benzene rings is 2. The fourth-order valence-corrected chi connectivity index (χ4v) is 3.13. The molecule has 0 aromatic heterocycles. The zero-order chi connectivity index (χ0) is 18.4. The van der Waals surface area contributed by atoms with E-state index in [9.17, 15) is 17.6 Å². The number of carbonyl (C=O) groups is 1. The molecule has 2 rings (SSSR count). The molecule has 8 heteroatoms. The first-order chi connectivity index (χ1) is 11.8. The second-order valence-corrected chi connectivity index (χ2v) is 7.25. The van der Waals surface area contributed by atoms with Gasteiger partial charge in [-0.1, -0.05) is 6.07 Å². The van der Waals surface area contributed by atoms with E-state index in [2.05, 4.69) is 5.32 Å². The Kier molecular flexibility index (Phi) is 5.97. The Labute approximate surface area is 146 Å². The molecule has 0 radical (unpaired) electrons. The van der Waals surface area contributed by atoms with E-state index in [1.165, 1.54) is 31.4 Å². The highest BCUT2D eigenvalue weighted by atomic mass is 32.2. The van der Waals surface area contributed by atoms with Crippen LogP contribution in [0.4, 0.5) is 15.8 Å². The highest BCUT2D eigenvalue weighted by Crippen LogP contribution is 2.23. The summed E-state index contributed by atoms with van der Waals surface area (Å²) in [5, 5.41) is 2.60. The molecule has 0 aliphatic carbocycles. The molecule has 6 nitrogen and oxygen atoms in total. The van der Waals surface area contributed by atoms with E-state index in [0.29, 0.717) is 17.1 Å². The number of methoxy groups -OCH3 is 1. The standard InChI is InChI=1S/C17H19FN2O4S/c1-24-16-5-3-4-15(12-16)20(25(2,22)23)11-10-17(21)19-14-8-6-13(18)7-9-14/h3-9,12H,10-11H2,1-2H3,(H,19,21). The molecular weight excluding hydrogens is 347 g/mol. The average Bonchev–Trinajstić information content (AvgIpc) is 2.56. The van der Waals surface area contributed by atoms with Crippen molar-refractivity contribution in [2.75, 3.05) is 29.5 Å². The minimum Gasteiger partial charge on any atom is -0.497 e. The summed E-state index contributed by atoms with van der Waals surface area (Å²) in [5.41, 5.74) is 0.857. The van der Waals surface area contributed by atoms with Gasteiger partial charge >= 0.3 is 0 Å². The quantitative estimate of drug-likeness (QED) is 0.817. The van der Waals surface area contributed by atoms with Gasteiger partial charge in [0.1, 0.15) is 11.6 Å². The van der Waals surface area contributed by atoms with Gasteiger partial charge in [-0.25, -0.2) is 12.8 Å². The second kappa shape index (κ2) is 7.98. The van der Waals surface area contributed by atoms with Gasteiger partial charge in [0.25, 0.3) is 0 Å². The molecule has 2 aromatic carbocycles. The lowest BCUT2D eigenvalue weighted by molar-refractivity contribution is -0.116. The third-order valence-electron chi connectivity index (χ3n) is 3.41. The van der Waals surface area contributed by atoms with Crippen molar-refractivity contribution in [2.45, 2.75) is 6.42 Å². The predicted octanol–water partition coefficient (Wildman–Crippen LogP) is 2.63. The molecule has 0 aliphatic heterocycles. The number of sulfonamides is 1. The third-order valence-corrected chi connectivity index (χ3v) is 4.61. The van der Waals surface area contributed by atoms with Crippen molar-refractivity contribution in [1.82, 2.24) is 0 Å². The van der Waals surface area contributed by atoms with Crippen LogP contribution in [0.1, 0.15) is 6.42 Å². The Hall–Kier alpha value is -2.61. The molecule has 0 unspecified atom stereocenters. The number of amides is 1. The van der Waals surface area contributed by atoms with Crippen molar-refractivity contribution in [3.8, 4) is 5.75 Å². The summed E-state index contributed by atoms with van der Waals surface area (Å²) in [7, 11) is -2.08. The third kappa shape index (κ3) is 5.46. The maximum Gasteiger partial charge on any atom is 0.232 e. The van der Waals surface area contributed by atoms with Crippen LogP contribution in [-0.2, 0) is 14.8 Å². The predicted molar refractivity (Wildman–Crippen MR) is 94.8 cm³/mol. The smallest absolute Gasteiger partial charge is 0.232 e. The zero-order valence-corrected chi connectivity index (χ0v) is 14.7. The fourth-order valence-electron chi connectivity index (χ4n) is 2.21. The first kappa shape index (κ1) is 18.7. The highest BCUT2D eigenvalue weighted by Gasteiger charge is 2.19. The molecule has 0 bridgehead atoms. The minimum absolute atomic E-state index is 0.0287. The molecule has 2 aromatic rings. The number of nitrogens with one attached hydrogen (secondary N) is 1. The summed E-state index contributed by atoms with van der Waals surface area (Å²) in [4.78, 5) is 12.0. The van der Waals surface area contributed by atoms with Crippen LogP contribution >= 0.6 is 0 Å². The molecule has 0 heterocycles. The zero-order valence-electron chi connectivity index (χ0n) is 13.9. The number of halogens is 1. The van der Waals surface area contributed by atoms with Crippen LogP contribution in [-0.4, -0.2) is 34.2 Å². The summed E-state index contributed by atoms with van der Waals surface area (Å²) < 4.78 is 43.2. The van der Waals surface area contributed by atoms with Crippen molar-refractivity contribution >= 4 is 27.3 Å². The van der Waals surface area contributed by atoms with Crippen LogP contribution < -0.4 is 14.4 Å². The Bertz CT molecular complexity index is 838. The van der Waals surface area contributed by atoms with Crippen molar-refractivity contribution in [3.63, 3.8) is 0 Å². The van der Waals surface area contributed by atoms with E-state index in [0.717, 1.165) is 10.6 Å². The normalized spacial score (nSPS) is 11.0. The fraction of sp³-hybridized carbons (Fsp3) is 0.235. The number of hydrogen-bond acceptors (Lipinski definition) is 4. The lowest BCUT2D eigenvalue weighted by atomic mass is 10.2. The first-order valence-corrected chi connectivity index (χ1v) is 9.31. The van der Waals surface area contributed by atoms with Gasteiger partial charge < -0.3 is 10.1 Å². The number of rotatable bonds is 7. The largest absolute Gasteiger partial charge is 0.497 e. The van der Waals surface area contributed by atoms with Crippen molar-refractivity contribution in [1.29, 1.82) is 0 Å². The summed E-state index contributed by atoms with van der Waals surface area (Å²) in [6.07, 6.45) is 1.02. The topological polar surface area (TPSA) is 75.7 Å². The van der Waals surface area contributed by atoms with E-state index in [1.54, 1.807) is 24.3 Å². The molecule has 0 atom stereocenters. The van der Waals surface area contributed by atoms with Crippen LogP contribution in [0, 0.1) is 5.82 Å². The van der Waals surface area contributed by atoms with Gasteiger partial charge in [0.15, 0.2) is 0 Å². The SMILES string of the molecule is COc1cccc(N(CCC(=O)Nc2ccc(F)cc2)S(C)(=O)=O)c1. The molecule has 0 spiro atoms. The summed E-state index contributed by atoms with van der Waals surface area (Å²) >= 11 is 0. The summed E-state index contributed by atoms with van der Waals surface area (Å²) in [6, 6.07) is 11.9. The molecule has 1 N–H and O–H groups in total. The van der Waals surface area contributed by atoms with Crippen LogP contribution in [0.5, 0.6) is 5.75 Å². The van der Waals surface area contributed by atoms with E-state index in [1.807, 2.05) is 0 Å². The minimum atomic E-state index is -3.57. The van der Waals surface area contributed by atoms with Gasteiger partial charge in [0.2, 0.25) is 15.9 Å². The Morgan fingerprint density at radius 3 is 2.48 bits per heavy atom. The summed E-state index contributed by atoms with van der Waals surface area (Å²) in [5.74, 6) is -0.260. The van der Waals surface area contributed by atoms with Crippen molar-refractivity contribution in [3.05, 3.63) is 54.3 Å². The van der Waals surface area contributed by atoms with Crippen LogP contribution in [0.3, 0.4) is 0 Å². The maximum absolute atomic E-state index is 12.9. The molecule has 1 amide bonds. The van der Waals surface area contributed by atoms with Gasteiger partial charge in [-0.05, 0) is 36.4 Å². The van der Waals surface area contributed by atoms with Crippen LogP contribution in [0.15, 0.2) is 48.5 Å². The highest BCUT2D eigenvalue weighted by molar-refractivity contribution is 7.92.